The van der Waals surface area contributed by atoms with Gasteiger partial charge in [0.2, 0.25) is 5.91 Å². The number of para-hydroxylation sites is 2. The lowest BCUT2D eigenvalue weighted by molar-refractivity contribution is -0.143. The molecule has 0 saturated heterocycles. The van der Waals surface area contributed by atoms with Gasteiger partial charge in [-0.05, 0) is 38.3 Å². The molecule has 0 unspecified atom stereocenters. The van der Waals surface area contributed by atoms with E-state index in [-0.39, 0.29) is 24.3 Å². The third-order valence-corrected chi connectivity index (χ3v) is 4.15. The van der Waals surface area contributed by atoms with Crippen LogP contribution >= 0.6 is 0 Å². The molecule has 1 aromatic heterocycles. The number of aromatic nitrogens is 2. The van der Waals surface area contributed by atoms with E-state index >= 15 is 0 Å². The van der Waals surface area contributed by atoms with Gasteiger partial charge in [0, 0.05) is 18.9 Å². The van der Waals surface area contributed by atoms with Crippen molar-refractivity contribution in [3.8, 4) is 0 Å². The van der Waals surface area contributed by atoms with Crippen LogP contribution in [-0.2, 0) is 27.3 Å². The lowest BCUT2D eigenvalue weighted by Crippen LogP contribution is -2.26. The van der Waals surface area contributed by atoms with Gasteiger partial charge in [-0.3, -0.25) is 9.59 Å². The maximum Gasteiger partial charge on any atom is 0.326 e. The minimum atomic E-state index is -0.260. The zero-order valence-electron chi connectivity index (χ0n) is 14.0. The monoisotopic (exact) mass is 329 g/mol. The van der Waals surface area contributed by atoms with Gasteiger partial charge in [0.25, 0.3) is 0 Å². The first-order valence-electron chi connectivity index (χ1n) is 8.56. The van der Waals surface area contributed by atoms with Crippen molar-refractivity contribution in [1.82, 2.24) is 14.9 Å². The van der Waals surface area contributed by atoms with E-state index in [0.717, 1.165) is 36.1 Å². The highest BCUT2D eigenvalue weighted by Crippen LogP contribution is 2.28. The van der Waals surface area contributed by atoms with Crippen molar-refractivity contribution < 1.29 is 14.3 Å². The molecule has 0 bridgehead atoms. The lowest BCUT2D eigenvalue weighted by Gasteiger charge is -2.09. The van der Waals surface area contributed by atoms with Gasteiger partial charge in [0.05, 0.1) is 17.6 Å². The van der Waals surface area contributed by atoms with E-state index in [0.29, 0.717) is 19.6 Å². The summed E-state index contributed by atoms with van der Waals surface area (Å²) in [5.74, 6) is 0.988. The largest absolute Gasteiger partial charge is 0.465 e. The molecular formula is C18H23N3O3. The number of carbonyl (C=O) groups is 2. The van der Waals surface area contributed by atoms with Gasteiger partial charge >= 0.3 is 5.97 Å². The molecular weight excluding hydrogens is 306 g/mol. The summed E-state index contributed by atoms with van der Waals surface area (Å²) >= 11 is 0. The van der Waals surface area contributed by atoms with Crippen LogP contribution in [0.25, 0.3) is 11.0 Å². The quantitative estimate of drug-likeness (QED) is 0.594. The number of hydrogen-bond acceptors (Lipinski definition) is 4. The first-order chi connectivity index (χ1) is 11.7. The van der Waals surface area contributed by atoms with Crippen molar-refractivity contribution in [3.05, 3.63) is 30.1 Å². The maximum atomic E-state index is 11.9. The summed E-state index contributed by atoms with van der Waals surface area (Å²) in [6.45, 7) is 2.97. The van der Waals surface area contributed by atoms with Gasteiger partial charge in [-0.25, -0.2) is 4.98 Å². The Balaban J connectivity index is 1.66. The van der Waals surface area contributed by atoms with E-state index in [1.807, 2.05) is 28.8 Å². The van der Waals surface area contributed by atoms with E-state index in [4.69, 9.17) is 4.74 Å². The Morgan fingerprint density at radius 2 is 2.12 bits per heavy atom. The van der Waals surface area contributed by atoms with Crippen molar-refractivity contribution in [2.75, 3.05) is 13.2 Å². The molecule has 1 aliphatic rings. The van der Waals surface area contributed by atoms with Crippen LogP contribution in [0, 0.1) is 5.92 Å². The molecule has 0 atom stereocenters. The number of nitrogens with zero attached hydrogens (tertiary/aromatic N) is 2. The van der Waals surface area contributed by atoms with Crippen molar-refractivity contribution in [2.45, 2.75) is 39.2 Å². The molecule has 128 valence electrons. The number of carbonyl (C=O) groups excluding carboxylic acids is 2. The Kier molecular flexibility index (Phi) is 5.13. The average molecular weight is 329 g/mol. The first-order valence-corrected chi connectivity index (χ1v) is 8.56. The van der Waals surface area contributed by atoms with Gasteiger partial charge in [-0.15, -0.1) is 0 Å². The second-order valence-electron chi connectivity index (χ2n) is 6.08. The van der Waals surface area contributed by atoms with Gasteiger partial charge in [0.15, 0.2) is 0 Å². The van der Waals surface area contributed by atoms with Crippen LogP contribution in [0.1, 0.15) is 32.0 Å². The second-order valence-corrected chi connectivity index (χ2v) is 6.08. The number of rotatable bonds is 8. The van der Waals surface area contributed by atoms with Crippen molar-refractivity contribution in [1.29, 1.82) is 0 Å². The molecule has 0 spiro atoms. The van der Waals surface area contributed by atoms with Crippen molar-refractivity contribution in [3.63, 3.8) is 0 Å². The molecule has 24 heavy (non-hydrogen) atoms. The fourth-order valence-electron chi connectivity index (χ4n) is 2.78. The second kappa shape index (κ2) is 7.47. The van der Waals surface area contributed by atoms with Crippen LogP contribution in [-0.4, -0.2) is 34.6 Å². The molecule has 2 aromatic rings. The van der Waals surface area contributed by atoms with Crippen molar-refractivity contribution >= 4 is 22.9 Å². The molecule has 1 fully saturated rings. The number of esters is 1. The number of aryl methyl sites for hydroxylation is 1. The normalized spacial score (nSPS) is 13.9. The topological polar surface area (TPSA) is 73.2 Å². The third-order valence-electron chi connectivity index (χ3n) is 4.15. The summed E-state index contributed by atoms with van der Waals surface area (Å²) in [6, 6.07) is 7.77. The minimum Gasteiger partial charge on any atom is -0.465 e. The molecule has 0 aliphatic heterocycles. The summed E-state index contributed by atoms with van der Waals surface area (Å²) < 4.78 is 6.98. The molecule has 1 saturated carbocycles. The van der Waals surface area contributed by atoms with Gasteiger partial charge in [0.1, 0.15) is 12.4 Å². The Bertz CT molecular complexity index is 734. The number of ether oxygens (including phenoxy) is 1. The summed E-state index contributed by atoms with van der Waals surface area (Å²) in [6.07, 6.45) is 3.53. The predicted octanol–water partition coefficient (Wildman–Crippen LogP) is 2.06. The summed E-state index contributed by atoms with van der Waals surface area (Å²) in [5, 5.41) is 2.96. The SMILES string of the molecule is CCOC(=O)Cn1c(CCCNC(=O)C2CC2)nc2ccccc21. The number of imidazole rings is 1. The Hall–Kier alpha value is -2.37. The van der Waals surface area contributed by atoms with Crippen LogP contribution in [0.5, 0.6) is 0 Å². The highest BCUT2D eigenvalue weighted by molar-refractivity contribution is 5.81. The van der Waals surface area contributed by atoms with Crippen LogP contribution < -0.4 is 5.32 Å². The molecule has 1 heterocycles. The standard InChI is InChI=1S/C18H23N3O3/c1-2-24-17(22)12-21-15-7-4-3-6-14(15)20-16(21)8-5-11-19-18(23)13-9-10-13/h3-4,6-7,13H,2,5,8-12H2,1H3,(H,19,23). The van der Waals surface area contributed by atoms with Gasteiger partial charge < -0.3 is 14.6 Å². The number of amides is 1. The van der Waals surface area contributed by atoms with E-state index < -0.39 is 0 Å². The molecule has 3 rings (SSSR count). The molecule has 1 amide bonds. The Labute approximate surface area is 141 Å². The summed E-state index contributed by atoms with van der Waals surface area (Å²) in [4.78, 5) is 28.2. The molecule has 0 radical (unpaired) electrons. The summed E-state index contributed by atoms with van der Waals surface area (Å²) in [7, 11) is 0. The zero-order chi connectivity index (χ0) is 16.9. The van der Waals surface area contributed by atoms with Crippen molar-refractivity contribution in [2.24, 2.45) is 5.92 Å². The van der Waals surface area contributed by atoms with Crippen LogP contribution in [0.3, 0.4) is 0 Å². The predicted molar refractivity (Wildman–Crippen MR) is 90.4 cm³/mol. The molecule has 1 N–H and O–H groups in total. The van der Waals surface area contributed by atoms with E-state index in [9.17, 15) is 9.59 Å². The highest BCUT2D eigenvalue weighted by Gasteiger charge is 2.29. The van der Waals surface area contributed by atoms with Crippen LogP contribution in [0.2, 0.25) is 0 Å². The van der Waals surface area contributed by atoms with E-state index in [2.05, 4.69) is 10.3 Å². The fourth-order valence-corrected chi connectivity index (χ4v) is 2.78. The van der Waals surface area contributed by atoms with Gasteiger partial charge in [-0.2, -0.15) is 0 Å². The number of fused-ring (bicyclic) bond motifs is 1. The number of benzene rings is 1. The molecule has 1 aromatic carbocycles. The number of hydrogen-bond donors (Lipinski definition) is 1. The van der Waals surface area contributed by atoms with E-state index in [1.165, 1.54) is 0 Å². The first kappa shape index (κ1) is 16.5. The maximum absolute atomic E-state index is 11.9. The Morgan fingerprint density at radius 3 is 2.88 bits per heavy atom. The van der Waals surface area contributed by atoms with Crippen LogP contribution in [0.4, 0.5) is 0 Å². The van der Waals surface area contributed by atoms with E-state index in [1.54, 1.807) is 6.92 Å². The molecule has 6 nitrogen and oxygen atoms in total. The highest BCUT2D eigenvalue weighted by atomic mass is 16.5. The average Bonchev–Trinajstić information content (AvgIpc) is 3.36. The number of nitrogens with one attached hydrogen (secondary N) is 1. The molecule has 1 aliphatic carbocycles. The van der Waals surface area contributed by atoms with Crippen LogP contribution in [0.15, 0.2) is 24.3 Å². The lowest BCUT2D eigenvalue weighted by atomic mass is 10.2. The smallest absolute Gasteiger partial charge is 0.326 e. The minimum absolute atomic E-state index is 0.162. The Morgan fingerprint density at radius 1 is 1.33 bits per heavy atom. The zero-order valence-corrected chi connectivity index (χ0v) is 14.0. The third kappa shape index (κ3) is 3.93. The summed E-state index contributed by atoms with van der Waals surface area (Å²) in [5.41, 5.74) is 1.81. The van der Waals surface area contributed by atoms with Gasteiger partial charge in [-0.1, -0.05) is 12.1 Å². The fraction of sp³-hybridized carbons (Fsp3) is 0.500. The molecule has 6 heteroatoms.